The molecule has 0 fully saturated rings. The summed E-state index contributed by atoms with van der Waals surface area (Å²) in [4.78, 5) is 18.3. The number of fused-ring (bicyclic) bond motifs is 2. The molecule has 0 saturated carbocycles. The highest BCUT2D eigenvalue weighted by Crippen LogP contribution is 2.32. The summed E-state index contributed by atoms with van der Waals surface area (Å²) in [7, 11) is 0. The number of nitrogens with one attached hydrogen (secondary N) is 1. The van der Waals surface area contributed by atoms with Crippen LogP contribution in [0.2, 0.25) is 0 Å². The fourth-order valence-electron chi connectivity index (χ4n) is 3.19. The Morgan fingerprint density at radius 3 is 2.83 bits per heavy atom. The zero-order valence-corrected chi connectivity index (χ0v) is 15.1. The van der Waals surface area contributed by atoms with E-state index >= 15 is 0 Å². The number of aromatic nitrogens is 1. The smallest absolute Gasteiger partial charge is 0.257 e. The molecule has 1 aliphatic rings. The number of anilines is 1. The Labute approximate surface area is 149 Å². The molecule has 0 saturated heterocycles. The second-order valence-corrected chi connectivity index (χ2v) is 7.85. The maximum Gasteiger partial charge on any atom is 0.257 e. The number of carbonyl (C=O) groups is 1. The van der Waals surface area contributed by atoms with E-state index in [0.717, 1.165) is 33.5 Å². The number of aryl methyl sites for hydroxylation is 2. The molecule has 5 heteroatoms. The first kappa shape index (κ1) is 15.7. The second kappa shape index (κ2) is 6.57. The molecule has 1 N–H and O–H groups in total. The number of nitrogens with zero attached hydrogens (tertiary/aromatic N) is 1. The highest BCUT2D eigenvalue weighted by atomic mass is 32.2. The minimum atomic E-state index is -0.0758. The Hall–Kier alpha value is -1.85. The first-order chi connectivity index (χ1) is 11.7. The fourth-order valence-corrected chi connectivity index (χ4v) is 4.70. The van der Waals surface area contributed by atoms with Crippen LogP contribution in [0.15, 0.2) is 41.3 Å². The molecule has 0 unspecified atom stereocenters. The first-order valence-electron chi connectivity index (χ1n) is 8.11. The fraction of sp³-hybridized carbons (Fsp3) is 0.263. The van der Waals surface area contributed by atoms with Crippen LogP contribution < -0.4 is 5.32 Å². The topological polar surface area (TPSA) is 42.0 Å². The number of carbonyl (C=O) groups excluding carboxylic acids is 1. The van der Waals surface area contributed by atoms with Gasteiger partial charge in [0, 0.05) is 10.5 Å². The average Bonchev–Trinajstić information content (AvgIpc) is 3.03. The lowest BCUT2D eigenvalue weighted by Crippen LogP contribution is -2.13. The highest BCUT2D eigenvalue weighted by Gasteiger charge is 2.15. The van der Waals surface area contributed by atoms with Gasteiger partial charge in [-0.1, -0.05) is 23.5 Å². The van der Waals surface area contributed by atoms with Crippen LogP contribution in [0.25, 0.3) is 10.2 Å². The van der Waals surface area contributed by atoms with Gasteiger partial charge in [-0.05, 0) is 67.3 Å². The van der Waals surface area contributed by atoms with E-state index < -0.39 is 0 Å². The Bertz CT molecular complexity index is 917. The van der Waals surface area contributed by atoms with Crippen LogP contribution >= 0.6 is 23.1 Å². The Balaban J connectivity index is 1.60. The zero-order valence-electron chi connectivity index (χ0n) is 13.5. The van der Waals surface area contributed by atoms with Crippen LogP contribution in [0.5, 0.6) is 0 Å². The van der Waals surface area contributed by atoms with Crippen molar-refractivity contribution in [3.8, 4) is 0 Å². The van der Waals surface area contributed by atoms with E-state index in [1.54, 1.807) is 11.8 Å². The second-order valence-electron chi connectivity index (χ2n) is 5.97. The summed E-state index contributed by atoms with van der Waals surface area (Å²) in [5, 5.41) is 3.63. The lowest BCUT2D eigenvalue weighted by molar-refractivity contribution is 0.102. The van der Waals surface area contributed by atoms with Gasteiger partial charge in [0.05, 0.1) is 10.2 Å². The number of rotatable bonds is 3. The molecule has 3 aromatic rings. The van der Waals surface area contributed by atoms with E-state index in [0.29, 0.717) is 5.13 Å². The largest absolute Gasteiger partial charge is 0.298 e. The standard InChI is InChI=1S/C19H18N2OS2/c1-23-15-7-4-8-16-17(15)20-19(24-16)21-18(22)14-10-9-12-5-2-3-6-13(12)11-14/h4,7-11H,2-3,5-6H2,1H3,(H,20,21,22). The van der Waals surface area contributed by atoms with Gasteiger partial charge in [-0.3, -0.25) is 10.1 Å². The van der Waals surface area contributed by atoms with E-state index in [1.165, 1.54) is 35.3 Å². The van der Waals surface area contributed by atoms with Gasteiger partial charge in [-0.25, -0.2) is 4.98 Å². The number of thiazole rings is 1. The predicted molar refractivity (Wildman–Crippen MR) is 102 cm³/mol. The number of thioether (sulfide) groups is 1. The minimum absolute atomic E-state index is 0.0758. The van der Waals surface area contributed by atoms with Crippen molar-refractivity contribution in [2.45, 2.75) is 30.6 Å². The molecule has 24 heavy (non-hydrogen) atoms. The maximum absolute atomic E-state index is 12.6. The number of benzene rings is 2. The molecule has 0 bridgehead atoms. The van der Waals surface area contributed by atoms with Crippen LogP contribution in [0.4, 0.5) is 5.13 Å². The van der Waals surface area contributed by atoms with Crippen LogP contribution in [0.3, 0.4) is 0 Å². The van der Waals surface area contributed by atoms with Gasteiger partial charge in [0.2, 0.25) is 0 Å². The molecule has 0 radical (unpaired) electrons. The molecule has 122 valence electrons. The molecule has 1 heterocycles. The molecule has 4 rings (SSSR count). The van der Waals surface area contributed by atoms with E-state index in [4.69, 9.17) is 0 Å². The molecular formula is C19H18N2OS2. The number of para-hydroxylation sites is 1. The van der Waals surface area contributed by atoms with Crippen LogP contribution in [-0.2, 0) is 12.8 Å². The van der Waals surface area contributed by atoms with Crippen LogP contribution in [-0.4, -0.2) is 17.1 Å². The van der Waals surface area contributed by atoms with Gasteiger partial charge >= 0.3 is 0 Å². The predicted octanol–water partition coefficient (Wildman–Crippen LogP) is 5.15. The third kappa shape index (κ3) is 2.94. The van der Waals surface area contributed by atoms with Crippen molar-refractivity contribution < 1.29 is 4.79 Å². The summed E-state index contributed by atoms with van der Waals surface area (Å²) >= 11 is 3.20. The quantitative estimate of drug-likeness (QED) is 0.662. The van der Waals surface area contributed by atoms with E-state index in [9.17, 15) is 4.79 Å². The molecule has 0 spiro atoms. The molecule has 2 aromatic carbocycles. The Morgan fingerprint density at radius 2 is 2.00 bits per heavy atom. The third-order valence-electron chi connectivity index (χ3n) is 4.43. The number of hydrogen-bond acceptors (Lipinski definition) is 4. The monoisotopic (exact) mass is 354 g/mol. The molecule has 1 aromatic heterocycles. The molecule has 3 nitrogen and oxygen atoms in total. The molecular weight excluding hydrogens is 336 g/mol. The van der Waals surface area contributed by atoms with Gasteiger partial charge < -0.3 is 0 Å². The van der Waals surface area contributed by atoms with Gasteiger partial charge in [0.15, 0.2) is 5.13 Å². The average molecular weight is 355 g/mol. The number of hydrogen-bond donors (Lipinski definition) is 1. The van der Waals surface area contributed by atoms with Gasteiger partial charge in [-0.15, -0.1) is 11.8 Å². The summed E-state index contributed by atoms with van der Waals surface area (Å²) in [6, 6.07) is 12.2. The van der Waals surface area contributed by atoms with Gasteiger partial charge in [0.25, 0.3) is 5.91 Å². The van der Waals surface area contributed by atoms with Crippen molar-refractivity contribution in [3.63, 3.8) is 0 Å². The van der Waals surface area contributed by atoms with E-state index in [1.807, 2.05) is 30.5 Å². The summed E-state index contributed by atoms with van der Waals surface area (Å²) in [5.74, 6) is -0.0758. The normalized spacial score (nSPS) is 13.7. The summed E-state index contributed by atoms with van der Waals surface area (Å²) in [6.45, 7) is 0. The Morgan fingerprint density at radius 1 is 1.17 bits per heavy atom. The van der Waals surface area contributed by atoms with Crippen molar-refractivity contribution in [2.75, 3.05) is 11.6 Å². The van der Waals surface area contributed by atoms with Crippen molar-refractivity contribution in [2.24, 2.45) is 0 Å². The SMILES string of the molecule is CSc1cccc2sc(NC(=O)c3ccc4c(c3)CCCC4)nc12. The van der Waals surface area contributed by atoms with Crippen LogP contribution in [0.1, 0.15) is 34.3 Å². The van der Waals surface area contributed by atoms with Crippen molar-refractivity contribution in [1.82, 2.24) is 4.98 Å². The lowest BCUT2D eigenvalue weighted by atomic mass is 9.90. The summed E-state index contributed by atoms with van der Waals surface area (Å²) in [5.41, 5.74) is 4.40. The van der Waals surface area contributed by atoms with E-state index in [2.05, 4.69) is 22.4 Å². The maximum atomic E-state index is 12.6. The van der Waals surface area contributed by atoms with E-state index in [-0.39, 0.29) is 5.91 Å². The molecule has 0 aliphatic heterocycles. The first-order valence-corrected chi connectivity index (χ1v) is 10.2. The zero-order chi connectivity index (χ0) is 16.5. The molecule has 1 aliphatic carbocycles. The van der Waals surface area contributed by atoms with Gasteiger partial charge in [0.1, 0.15) is 0 Å². The molecule has 0 atom stereocenters. The molecule has 1 amide bonds. The highest BCUT2D eigenvalue weighted by molar-refractivity contribution is 7.98. The Kier molecular flexibility index (Phi) is 4.29. The van der Waals surface area contributed by atoms with Gasteiger partial charge in [-0.2, -0.15) is 0 Å². The lowest BCUT2D eigenvalue weighted by Gasteiger charge is -2.16. The van der Waals surface area contributed by atoms with Crippen molar-refractivity contribution in [3.05, 3.63) is 53.1 Å². The minimum Gasteiger partial charge on any atom is -0.298 e. The van der Waals surface area contributed by atoms with Crippen molar-refractivity contribution >= 4 is 44.4 Å². The summed E-state index contributed by atoms with van der Waals surface area (Å²) < 4.78 is 1.10. The van der Waals surface area contributed by atoms with Crippen molar-refractivity contribution in [1.29, 1.82) is 0 Å². The summed E-state index contributed by atoms with van der Waals surface area (Å²) in [6.07, 6.45) is 6.72. The number of amides is 1. The third-order valence-corrected chi connectivity index (χ3v) is 6.14. The van der Waals surface area contributed by atoms with Crippen LogP contribution in [0, 0.1) is 0 Å².